The van der Waals surface area contributed by atoms with Gasteiger partial charge in [-0.3, -0.25) is 4.79 Å². The van der Waals surface area contributed by atoms with Gasteiger partial charge in [0.25, 0.3) is 8.32 Å². The molecule has 1 amide bonds. The summed E-state index contributed by atoms with van der Waals surface area (Å²) in [6.45, 7) is 16.0. The van der Waals surface area contributed by atoms with Crippen molar-refractivity contribution in [3.05, 3.63) is 88.4 Å². The van der Waals surface area contributed by atoms with Crippen LogP contribution in [0.25, 0.3) is 0 Å². The van der Waals surface area contributed by atoms with Crippen LogP contribution >= 0.6 is 23.2 Å². The first-order valence-electron chi connectivity index (χ1n) is 16.5. The summed E-state index contributed by atoms with van der Waals surface area (Å²) in [7, 11) is -3.78. The number of ether oxygens (including phenoxy) is 2. The molecule has 1 aliphatic heterocycles. The molecule has 248 valence electrons. The molecule has 1 saturated carbocycles. The zero-order valence-corrected chi connectivity index (χ0v) is 31.7. The van der Waals surface area contributed by atoms with E-state index in [0.717, 1.165) is 24.4 Å². The van der Waals surface area contributed by atoms with Gasteiger partial charge in [-0.2, -0.15) is 0 Å². The van der Waals surface area contributed by atoms with Crippen LogP contribution in [-0.4, -0.2) is 59.8 Å². The summed E-state index contributed by atoms with van der Waals surface area (Å²) in [6.07, 6.45) is 2.27. The molecule has 1 atom stereocenters. The fourth-order valence-electron chi connectivity index (χ4n) is 6.97. The van der Waals surface area contributed by atoms with Gasteiger partial charge in [0.1, 0.15) is 5.75 Å². The second-order valence-corrected chi connectivity index (χ2v) is 25.9. The van der Waals surface area contributed by atoms with Gasteiger partial charge in [-0.05, 0) is 52.3 Å². The van der Waals surface area contributed by atoms with Crippen LogP contribution in [0.4, 0.5) is 0 Å². The molecule has 5 rings (SSSR count). The van der Waals surface area contributed by atoms with Crippen molar-refractivity contribution >= 4 is 55.9 Å². The number of hydrogen-bond donors (Lipinski definition) is 0. The minimum atomic E-state index is -2.59. The minimum absolute atomic E-state index is 0.0631. The lowest BCUT2D eigenvalue weighted by Gasteiger charge is -2.46. The zero-order valence-electron chi connectivity index (χ0n) is 28.2. The van der Waals surface area contributed by atoms with E-state index in [1.54, 1.807) is 6.07 Å². The number of carbonyl (C=O) groups is 1. The number of nitrogens with zero attached hydrogens (tertiary/aromatic N) is 1. The lowest BCUT2D eigenvalue weighted by molar-refractivity contribution is -0.132. The van der Waals surface area contributed by atoms with Crippen molar-refractivity contribution in [3.63, 3.8) is 0 Å². The standard InChI is InChI=1S/C37H49Cl2NO4Si2/c1-37(2,3)46(30-13-9-7-10-14-30,31-15-11-8-12-16-31)44-25-27-21-29(22-27)40-24-28(23-34(40)41)35-33(18-17-32(38)36(35)39)43-26-42-19-20-45(4,5)6/h7-18,27-29H,19-26H2,1-6H3. The summed E-state index contributed by atoms with van der Waals surface area (Å²) in [6, 6.07) is 26.4. The van der Waals surface area contributed by atoms with Crippen LogP contribution in [0.1, 0.15) is 51.5 Å². The van der Waals surface area contributed by atoms with E-state index >= 15 is 0 Å². The average Bonchev–Trinajstić information content (AvgIpc) is 3.35. The number of likely N-dealkylation sites (tertiary alicyclic amines) is 1. The maximum absolute atomic E-state index is 13.4. The van der Waals surface area contributed by atoms with Crippen molar-refractivity contribution in [1.82, 2.24) is 4.90 Å². The molecule has 0 bridgehead atoms. The van der Waals surface area contributed by atoms with Gasteiger partial charge < -0.3 is 18.8 Å². The second kappa shape index (κ2) is 14.5. The topological polar surface area (TPSA) is 48.0 Å². The van der Waals surface area contributed by atoms with Crippen LogP contribution in [-0.2, 0) is 14.0 Å². The molecule has 0 radical (unpaired) electrons. The van der Waals surface area contributed by atoms with Crippen molar-refractivity contribution in [1.29, 1.82) is 0 Å². The molecule has 0 N–H and O–H groups in total. The third-order valence-electron chi connectivity index (χ3n) is 9.56. The molecule has 1 heterocycles. The van der Waals surface area contributed by atoms with Gasteiger partial charge in [0.15, 0.2) is 6.79 Å². The van der Waals surface area contributed by atoms with Gasteiger partial charge in [0.2, 0.25) is 5.91 Å². The first kappa shape index (κ1) is 35.2. The lowest BCUT2D eigenvalue weighted by Crippen LogP contribution is -2.67. The van der Waals surface area contributed by atoms with E-state index in [-0.39, 0.29) is 29.7 Å². The molecule has 5 nitrogen and oxygen atoms in total. The van der Waals surface area contributed by atoms with E-state index in [9.17, 15) is 4.79 Å². The SMILES string of the molecule is CC(C)(C)[Si](OCC1CC(N2CC(c3c(OCOCC[Si](C)(C)C)ccc(Cl)c3Cl)CC2=O)C1)(c1ccccc1)c1ccccc1. The van der Waals surface area contributed by atoms with Gasteiger partial charge in [-0.25, -0.2) is 0 Å². The number of hydrogen-bond acceptors (Lipinski definition) is 4. The quantitative estimate of drug-likeness (QED) is 0.102. The number of rotatable bonds is 13. The largest absolute Gasteiger partial charge is 0.467 e. The van der Waals surface area contributed by atoms with E-state index in [1.807, 2.05) is 6.07 Å². The lowest BCUT2D eigenvalue weighted by atomic mass is 9.80. The molecule has 3 aromatic rings. The van der Waals surface area contributed by atoms with Gasteiger partial charge in [-0.15, -0.1) is 0 Å². The van der Waals surface area contributed by atoms with Gasteiger partial charge >= 0.3 is 0 Å². The average molecular weight is 699 g/mol. The normalized spacial score (nSPS) is 20.6. The molecule has 0 aromatic heterocycles. The molecule has 1 aliphatic carbocycles. The fraction of sp³-hybridized carbons (Fsp3) is 0.486. The Kier molecular flexibility index (Phi) is 11.1. The molecule has 1 unspecified atom stereocenters. The highest BCUT2D eigenvalue weighted by Crippen LogP contribution is 2.45. The van der Waals surface area contributed by atoms with Crippen molar-refractivity contribution in [2.75, 3.05) is 26.6 Å². The van der Waals surface area contributed by atoms with Crippen LogP contribution in [0.2, 0.25) is 40.8 Å². The molecule has 2 fully saturated rings. The maximum atomic E-state index is 13.4. The molecular weight excluding hydrogens is 649 g/mol. The maximum Gasteiger partial charge on any atom is 0.261 e. The van der Waals surface area contributed by atoms with Crippen LogP contribution < -0.4 is 15.1 Å². The third-order valence-corrected chi connectivity index (χ3v) is 17.1. The van der Waals surface area contributed by atoms with Crippen LogP contribution in [0.15, 0.2) is 72.8 Å². The smallest absolute Gasteiger partial charge is 0.261 e. The Morgan fingerprint density at radius 3 is 2.07 bits per heavy atom. The summed E-state index contributed by atoms with van der Waals surface area (Å²) >= 11 is 13.2. The van der Waals surface area contributed by atoms with Crippen molar-refractivity contribution in [2.24, 2.45) is 5.92 Å². The Labute approximate surface area is 287 Å². The van der Waals surface area contributed by atoms with Gasteiger partial charge in [-0.1, -0.05) is 124 Å². The number of amides is 1. The molecule has 46 heavy (non-hydrogen) atoms. The molecule has 3 aromatic carbocycles. The van der Waals surface area contributed by atoms with Crippen LogP contribution in [0, 0.1) is 5.92 Å². The van der Waals surface area contributed by atoms with Gasteiger partial charge in [0, 0.05) is 51.8 Å². The molecule has 0 spiro atoms. The Bertz CT molecular complexity index is 1430. The van der Waals surface area contributed by atoms with E-state index in [0.29, 0.717) is 47.9 Å². The van der Waals surface area contributed by atoms with Crippen molar-refractivity contribution in [3.8, 4) is 5.75 Å². The first-order valence-corrected chi connectivity index (χ1v) is 22.9. The van der Waals surface area contributed by atoms with E-state index in [2.05, 4.69) is 106 Å². The van der Waals surface area contributed by atoms with Crippen molar-refractivity contribution in [2.45, 2.75) is 82.7 Å². The third kappa shape index (κ3) is 7.77. The highest BCUT2D eigenvalue weighted by molar-refractivity contribution is 6.99. The van der Waals surface area contributed by atoms with Gasteiger partial charge in [0.05, 0.1) is 10.0 Å². The van der Waals surface area contributed by atoms with E-state index in [4.69, 9.17) is 37.1 Å². The Morgan fingerprint density at radius 2 is 1.50 bits per heavy atom. The second-order valence-electron chi connectivity index (χ2n) is 15.2. The predicted octanol–water partition coefficient (Wildman–Crippen LogP) is 8.36. The zero-order chi connectivity index (χ0) is 33.1. The number of carbonyl (C=O) groups excluding carboxylic acids is 1. The highest BCUT2D eigenvalue weighted by Gasteiger charge is 2.51. The minimum Gasteiger partial charge on any atom is -0.467 e. The van der Waals surface area contributed by atoms with Crippen molar-refractivity contribution < 1.29 is 18.7 Å². The monoisotopic (exact) mass is 697 g/mol. The number of benzene rings is 3. The number of halogens is 2. The summed E-state index contributed by atoms with van der Waals surface area (Å²) in [5.41, 5.74) is 0.810. The first-order chi connectivity index (χ1) is 21.8. The Hall–Kier alpha value is -2.14. The highest BCUT2D eigenvalue weighted by atomic mass is 35.5. The summed E-state index contributed by atoms with van der Waals surface area (Å²) in [4.78, 5) is 15.4. The summed E-state index contributed by atoms with van der Waals surface area (Å²) in [5.74, 6) is 1.13. The fourth-order valence-corrected chi connectivity index (χ4v) is 12.8. The Morgan fingerprint density at radius 1 is 0.891 bits per heavy atom. The Balaban J connectivity index is 1.24. The van der Waals surface area contributed by atoms with Crippen LogP contribution in [0.3, 0.4) is 0 Å². The summed E-state index contributed by atoms with van der Waals surface area (Å²) in [5, 5.41) is 3.46. The van der Waals surface area contributed by atoms with Crippen LogP contribution in [0.5, 0.6) is 5.75 Å². The molecular formula is C37H49Cl2NO4Si2. The van der Waals surface area contributed by atoms with E-state index in [1.165, 1.54) is 10.4 Å². The summed E-state index contributed by atoms with van der Waals surface area (Å²) < 4.78 is 19.0. The predicted molar refractivity (Wildman–Crippen MR) is 195 cm³/mol. The molecule has 1 saturated heterocycles. The molecule has 9 heteroatoms. The molecule has 2 aliphatic rings. The van der Waals surface area contributed by atoms with E-state index < -0.39 is 16.4 Å².